The lowest BCUT2D eigenvalue weighted by Gasteiger charge is -2.03. The highest BCUT2D eigenvalue weighted by molar-refractivity contribution is 7.13. The van der Waals surface area contributed by atoms with E-state index in [2.05, 4.69) is 46.8 Å². The highest BCUT2D eigenvalue weighted by atomic mass is 32.1. The number of hydrogen-bond acceptors (Lipinski definition) is 4. The molecule has 1 aromatic carbocycles. The summed E-state index contributed by atoms with van der Waals surface area (Å²) in [4.78, 5) is 16.3. The van der Waals surface area contributed by atoms with Crippen molar-refractivity contribution in [1.29, 1.82) is 0 Å². The Kier molecular flexibility index (Phi) is 5.90. The number of thiazole rings is 1. The summed E-state index contributed by atoms with van der Waals surface area (Å²) in [5.74, 6) is 0.0341. The van der Waals surface area contributed by atoms with Crippen LogP contribution in [0.15, 0.2) is 29.6 Å². The number of amides is 1. The average Bonchev–Trinajstić information content (AvgIpc) is 2.93. The van der Waals surface area contributed by atoms with Gasteiger partial charge in [-0.15, -0.1) is 11.3 Å². The summed E-state index contributed by atoms with van der Waals surface area (Å²) in [7, 11) is 1.91. The minimum absolute atomic E-state index is 0.0341. The van der Waals surface area contributed by atoms with Crippen LogP contribution in [0.4, 0.5) is 0 Å². The fourth-order valence-electron chi connectivity index (χ4n) is 1.94. The number of nitrogens with one attached hydrogen (secondary N) is 2. The van der Waals surface area contributed by atoms with Gasteiger partial charge in [0.1, 0.15) is 5.01 Å². The fourth-order valence-corrected chi connectivity index (χ4v) is 2.76. The van der Waals surface area contributed by atoms with Crippen molar-refractivity contribution in [3.63, 3.8) is 0 Å². The Balaban J connectivity index is 1.88. The Hall–Kier alpha value is -1.72. The zero-order valence-corrected chi connectivity index (χ0v) is 13.3. The van der Waals surface area contributed by atoms with Gasteiger partial charge in [0.25, 0.3) is 0 Å². The average molecular weight is 303 g/mol. The largest absolute Gasteiger partial charge is 0.356 e. The van der Waals surface area contributed by atoms with Gasteiger partial charge in [0.2, 0.25) is 5.91 Å². The molecule has 0 aliphatic heterocycles. The third kappa shape index (κ3) is 4.95. The second-order valence-electron chi connectivity index (χ2n) is 4.99. The molecule has 0 aliphatic carbocycles. The summed E-state index contributed by atoms with van der Waals surface area (Å²) in [6.45, 7) is 3.68. The molecule has 112 valence electrons. The van der Waals surface area contributed by atoms with Crippen molar-refractivity contribution in [1.82, 2.24) is 15.6 Å². The molecule has 0 saturated heterocycles. The molecule has 0 atom stereocenters. The minimum atomic E-state index is 0.0341. The first-order valence-electron chi connectivity index (χ1n) is 7.12. The standard InChI is InChI=1S/C16H21N3OS/c1-12-4-6-13(7-5-12)16-19-14(11-21-16)10-15(20)18-9-3-8-17-2/h4-7,11,17H,3,8-10H2,1-2H3,(H,18,20). The van der Waals surface area contributed by atoms with Crippen LogP contribution in [-0.2, 0) is 11.2 Å². The van der Waals surface area contributed by atoms with Crippen LogP contribution in [0.5, 0.6) is 0 Å². The van der Waals surface area contributed by atoms with E-state index in [4.69, 9.17) is 0 Å². The van der Waals surface area contributed by atoms with E-state index in [1.807, 2.05) is 12.4 Å². The fraction of sp³-hybridized carbons (Fsp3) is 0.375. The van der Waals surface area contributed by atoms with Crippen LogP contribution in [-0.4, -0.2) is 31.0 Å². The number of carbonyl (C=O) groups is 1. The van der Waals surface area contributed by atoms with Crippen LogP contribution < -0.4 is 10.6 Å². The van der Waals surface area contributed by atoms with Gasteiger partial charge in [-0.1, -0.05) is 29.8 Å². The number of carbonyl (C=O) groups excluding carboxylic acids is 1. The minimum Gasteiger partial charge on any atom is -0.356 e. The van der Waals surface area contributed by atoms with Crippen molar-refractivity contribution in [2.75, 3.05) is 20.1 Å². The van der Waals surface area contributed by atoms with Crippen LogP contribution >= 0.6 is 11.3 Å². The van der Waals surface area contributed by atoms with Gasteiger partial charge in [-0.3, -0.25) is 4.79 Å². The van der Waals surface area contributed by atoms with Gasteiger partial charge in [-0.05, 0) is 26.9 Å². The molecule has 1 heterocycles. The first-order chi connectivity index (χ1) is 10.2. The molecule has 0 radical (unpaired) electrons. The van der Waals surface area contributed by atoms with Crippen LogP contribution in [0.3, 0.4) is 0 Å². The summed E-state index contributed by atoms with van der Waals surface area (Å²) < 4.78 is 0. The second kappa shape index (κ2) is 7.90. The monoisotopic (exact) mass is 303 g/mol. The lowest BCUT2D eigenvalue weighted by molar-refractivity contribution is -0.120. The molecule has 21 heavy (non-hydrogen) atoms. The number of aromatic nitrogens is 1. The van der Waals surface area contributed by atoms with Gasteiger partial charge >= 0.3 is 0 Å². The lowest BCUT2D eigenvalue weighted by Crippen LogP contribution is -2.28. The maximum absolute atomic E-state index is 11.8. The zero-order valence-electron chi connectivity index (χ0n) is 12.5. The molecule has 0 aliphatic rings. The summed E-state index contributed by atoms with van der Waals surface area (Å²) in [6, 6.07) is 8.28. The van der Waals surface area contributed by atoms with E-state index in [0.29, 0.717) is 13.0 Å². The van der Waals surface area contributed by atoms with E-state index in [1.165, 1.54) is 5.56 Å². The van der Waals surface area contributed by atoms with E-state index in [0.717, 1.165) is 29.2 Å². The Morgan fingerprint density at radius 1 is 1.24 bits per heavy atom. The summed E-state index contributed by atoms with van der Waals surface area (Å²) >= 11 is 1.58. The molecule has 2 N–H and O–H groups in total. The molecule has 0 saturated carbocycles. The van der Waals surface area contributed by atoms with Gasteiger partial charge in [-0.25, -0.2) is 4.98 Å². The Labute approximate surface area is 129 Å². The van der Waals surface area contributed by atoms with E-state index in [9.17, 15) is 4.79 Å². The quantitative estimate of drug-likeness (QED) is 0.772. The lowest BCUT2D eigenvalue weighted by atomic mass is 10.2. The van der Waals surface area contributed by atoms with Gasteiger partial charge in [0, 0.05) is 17.5 Å². The molecule has 5 heteroatoms. The number of nitrogens with zero attached hydrogens (tertiary/aromatic N) is 1. The molecule has 2 rings (SSSR count). The van der Waals surface area contributed by atoms with Crippen molar-refractivity contribution >= 4 is 17.2 Å². The van der Waals surface area contributed by atoms with Crippen molar-refractivity contribution in [3.8, 4) is 10.6 Å². The van der Waals surface area contributed by atoms with Crippen molar-refractivity contribution < 1.29 is 4.79 Å². The van der Waals surface area contributed by atoms with Gasteiger partial charge in [0.05, 0.1) is 12.1 Å². The summed E-state index contributed by atoms with van der Waals surface area (Å²) in [6.07, 6.45) is 1.29. The molecule has 0 bridgehead atoms. The highest BCUT2D eigenvalue weighted by Crippen LogP contribution is 2.24. The van der Waals surface area contributed by atoms with Gasteiger partial charge in [-0.2, -0.15) is 0 Å². The van der Waals surface area contributed by atoms with Crippen molar-refractivity contribution in [2.24, 2.45) is 0 Å². The molecular formula is C16H21N3OS. The molecule has 0 unspecified atom stereocenters. The molecule has 0 fully saturated rings. The van der Waals surface area contributed by atoms with E-state index in [1.54, 1.807) is 11.3 Å². The smallest absolute Gasteiger partial charge is 0.226 e. The molecule has 4 nitrogen and oxygen atoms in total. The molecular weight excluding hydrogens is 282 g/mol. The van der Waals surface area contributed by atoms with Crippen LogP contribution in [0, 0.1) is 6.92 Å². The number of aryl methyl sites for hydroxylation is 1. The number of benzene rings is 1. The van der Waals surface area contributed by atoms with E-state index < -0.39 is 0 Å². The summed E-state index contributed by atoms with van der Waals surface area (Å²) in [5.41, 5.74) is 3.17. The van der Waals surface area contributed by atoms with E-state index >= 15 is 0 Å². The van der Waals surface area contributed by atoms with Crippen LogP contribution in [0.25, 0.3) is 10.6 Å². The SMILES string of the molecule is CNCCCNC(=O)Cc1csc(-c2ccc(C)cc2)n1. The predicted octanol–water partition coefficient (Wildman–Crippen LogP) is 2.39. The molecule has 1 amide bonds. The van der Waals surface area contributed by atoms with Gasteiger partial charge in [0.15, 0.2) is 0 Å². The second-order valence-corrected chi connectivity index (χ2v) is 5.85. The van der Waals surface area contributed by atoms with Crippen molar-refractivity contribution in [3.05, 3.63) is 40.9 Å². The first kappa shape index (κ1) is 15.7. The maximum atomic E-state index is 11.8. The van der Waals surface area contributed by atoms with Crippen molar-refractivity contribution in [2.45, 2.75) is 19.8 Å². The normalized spacial score (nSPS) is 10.6. The molecule has 2 aromatic rings. The van der Waals surface area contributed by atoms with Crippen LogP contribution in [0.1, 0.15) is 17.7 Å². The third-order valence-corrected chi connectivity index (χ3v) is 4.06. The Morgan fingerprint density at radius 2 is 2.00 bits per heavy atom. The van der Waals surface area contributed by atoms with Gasteiger partial charge < -0.3 is 10.6 Å². The molecule has 0 spiro atoms. The zero-order chi connectivity index (χ0) is 15.1. The number of rotatable bonds is 7. The highest BCUT2D eigenvalue weighted by Gasteiger charge is 2.08. The number of hydrogen-bond donors (Lipinski definition) is 2. The Bertz CT molecular complexity index is 577. The Morgan fingerprint density at radius 3 is 2.71 bits per heavy atom. The third-order valence-electron chi connectivity index (χ3n) is 3.12. The van der Waals surface area contributed by atoms with E-state index in [-0.39, 0.29) is 5.91 Å². The first-order valence-corrected chi connectivity index (χ1v) is 8.00. The molecule has 1 aromatic heterocycles. The van der Waals surface area contributed by atoms with Crippen LogP contribution in [0.2, 0.25) is 0 Å². The summed E-state index contributed by atoms with van der Waals surface area (Å²) in [5, 5.41) is 8.89. The predicted molar refractivity (Wildman–Crippen MR) is 87.5 cm³/mol. The topological polar surface area (TPSA) is 54.0 Å². The maximum Gasteiger partial charge on any atom is 0.226 e.